The Morgan fingerprint density at radius 2 is 2.00 bits per heavy atom. The highest BCUT2D eigenvalue weighted by Gasteiger charge is 2.47. The number of carbonyl (C=O) groups excluding carboxylic acids is 2. The van der Waals surface area contributed by atoms with Crippen LogP contribution in [0.15, 0.2) is 30.7 Å². The Labute approximate surface area is 170 Å². The van der Waals surface area contributed by atoms with Crippen LogP contribution < -0.4 is 5.32 Å². The van der Waals surface area contributed by atoms with Crippen LogP contribution in [0.5, 0.6) is 0 Å². The molecule has 0 bridgehead atoms. The fourth-order valence-electron chi connectivity index (χ4n) is 4.16. The van der Waals surface area contributed by atoms with E-state index in [0.717, 1.165) is 11.5 Å². The molecular weight excluding hydrogens is 370 g/mol. The molecule has 8 heteroatoms. The van der Waals surface area contributed by atoms with Crippen LogP contribution in [0.4, 0.5) is 5.69 Å². The zero-order valence-electron chi connectivity index (χ0n) is 17.1. The number of pyridine rings is 1. The van der Waals surface area contributed by atoms with E-state index in [0.29, 0.717) is 38.2 Å². The number of hydrogen-bond donors (Lipinski definition) is 1. The minimum absolute atomic E-state index is 0.0282. The van der Waals surface area contributed by atoms with Crippen LogP contribution >= 0.6 is 0 Å². The molecule has 1 fully saturated rings. The molecule has 1 N–H and O–H groups in total. The van der Waals surface area contributed by atoms with Crippen molar-refractivity contribution in [2.45, 2.75) is 51.9 Å². The molecule has 1 atom stereocenters. The van der Waals surface area contributed by atoms with E-state index in [1.165, 1.54) is 0 Å². The summed E-state index contributed by atoms with van der Waals surface area (Å²) in [6, 6.07) is 3.62. The second-order valence-corrected chi connectivity index (χ2v) is 8.11. The molecule has 4 heterocycles. The lowest BCUT2D eigenvalue weighted by molar-refractivity contribution is -0.173. The molecule has 0 aromatic carbocycles. The van der Waals surface area contributed by atoms with E-state index >= 15 is 0 Å². The molecule has 154 valence electrons. The van der Waals surface area contributed by atoms with Gasteiger partial charge in [0, 0.05) is 50.4 Å². The van der Waals surface area contributed by atoms with E-state index < -0.39 is 11.7 Å². The highest BCUT2D eigenvalue weighted by molar-refractivity contribution is 5.94. The van der Waals surface area contributed by atoms with Gasteiger partial charge in [-0.05, 0) is 19.1 Å². The number of fused-ring (bicyclic) bond motifs is 2. The Balaban J connectivity index is 1.53. The zero-order valence-corrected chi connectivity index (χ0v) is 17.1. The van der Waals surface area contributed by atoms with Gasteiger partial charge in [0.05, 0.1) is 17.9 Å². The van der Waals surface area contributed by atoms with Gasteiger partial charge in [0.2, 0.25) is 5.91 Å². The summed E-state index contributed by atoms with van der Waals surface area (Å²) in [4.78, 5) is 36.0. The maximum Gasteiger partial charge on any atom is 0.255 e. The molecule has 0 radical (unpaired) electrons. The second-order valence-electron chi connectivity index (χ2n) is 8.11. The van der Waals surface area contributed by atoms with Gasteiger partial charge in [0.1, 0.15) is 11.4 Å². The van der Waals surface area contributed by atoms with Crippen LogP contribution in [-0.2, 0) is 26.5 Å². The smallest absolute Gasteiger partial charge is 0.255 e. The average molecular weight is 397 g/mol. The normalized spacial score (nSPS) is 20.6. The molecule has 0 saturated carbocycles. The number of imidazole rings is 1. The molecule has 8 nitrogen and oxygen atoms in total. The monoisotopic (exact) mass is 397 g/mol. The summed E-state index contributed by atoms with van der Waals surface area (Å²) in [6.07, 6.45) is 5.94. The van der Waals surface area contributed by atoms with E-state index in [1.54, 1.807) is 18.5 Å². The van der Waals surface area contributed by atoms with Gasteiger partial charge in [-0.15, -0.1) is 0 Å². The number of ether oxygens (including phenoxy) is 1. The first-order chi connectivity index (χ1) is 13.9. The molecule has 1 saturated heterocycles. The second kappa shape index (κ2) is 7.59. The van der Waals surface area contributed by atoms with Crippen molar-refractivity contribution in [2.24, 2.45) is 5.92 Å². The van der Waals surface area contributed by atoms with E-state index in [9.17, 15) is 9.59 Å². The molecule has 0 unspecified atom stereocenters. The maximum absolute atomic E-state index is 13.0. The minimum atomic E-state index is -0.651. The summed E-state index contributed by atoms with van der Waals surface area (Å²) in [7, 11) is 0. The third-order valence-electron chi connectivity index (χ3n) is 5.79. The van der Waals surface area contributed by atoms with Gasteiger partial charge in [0.15, 0.2) is 6.10 Å². The van der Waals surface area contributed by atoms with E-state index in [1.807, 2.05) is 42.5 Å². The summed E-state index contributed by atoms with van der Waals surface area (Å²) >= 11 is 0. The van der Waals surface area contributed by atoms with Crippen molar-refractivity contribution in [3.05, 3.63) is 42.2 Å². The summed E-state index contributed by atoms with van der Waals surface area (Å²) in [5.41, 5.74) is 0.792. The lowest BCUT2D eigenvalue weighted by Gasteiger charge is -2.45. The van der Waals surface area contributed by atoms with E-state index in [-0.39, 0.29) is 17.7 Å². The summed E-state index contributed by atoms with van der Waals surface area (Å²) < 4.78 is 8.41. The number of likely N-dealkylation sites (tertiary alicyclic amines) is 1. The van der Waals surface area contributed by atoms with Crippen LogP contribution in [0, 0.1) is 12.8 Å². The highest BCUT2D eigenvalue weighted by Crippen LogP contribution is 2.40. The average Bonchev–Trinajstić information content (AvgIpc) is 3.19. The van der Waals surface area contributed by atoms with Crippen molar-refractivity contribution in [3.63, 3.8) is 0 Å². The number of piperidine rings is 1. The van der Waals surface area contributed by atoms with Crippen molar-refractivity contribution >= 4 is 17.5 Å². The topological polar surface area (TPSA) is 89.4 Å². The Kier molecular flexibility index (Phi) is 5.12. The number of rotatable bonds is 3. The number of nitrogens with one attached hydrogen (secondary N) is 1. The molecule has 2 aromatic heterocycles. The summed E-state index contributed by atoms with van der Waals surface area (Å²) in [5.74, 6) is 0.774. The lowest BCUT2D eigenvalue weighted by Crippen LogP contribution is -2.54. The molecule has 4 rings (SSSR count). The van der Waals surface area contributed by atoms with Gasteiger partial charge >= 0.3 is 0 Å². The van der Waals surface area contributed by atoms with Gasteiger partial charge in [0.25, 0.3) is 5.91 Å². The minimum Gasteiger partial charge on any atom is -0.352 e. The van der Waals surface area contributed by atoms with Gasteiger partial charge in [-0.3, -0.25) is 14.6 Å². The lowest BCUT2D eigenvalue weighted by atomic mass is 9.88. The summed E-state index contributed by atoms with van der Waals surface area (Å²) in [6.45, 7) is 7.29. The zero-order chi connectivity index (χ0) is 20.6. The standard InChI is InChI=1S/C21H27N5O3/c1-14(2)19(28)25-10-6-21(7-11-25)20-23-9-12-26(20)13-17(29-21)18(27)24-16-5-4-8-22-15(16)3/h4-5,8-9,12,14,17H,6-7,10-11,13H2,1-3H3,(H,24,27)/t17-/m0/s1. The van der Waals surface area contributed by atoms with Crippen molar-refractivity contribution < 1.29 is 14.3 Å². The Morgan fingerprint density at radius 1 is 1.24 bits per heavy atom. The Hall–Kier alpha value is -2.74. The number of hydrogen-bond acceptors (Lipinski definition) is 5. The third kappa shape index (κ3) is 3.64. The first-order valence-corrected chi connectivity index (χ1v) is 10.1. The molecule has 2 aliphatic rings. The van der Waals surface area contributed by atoms with Crippen molar-refractivity contribution in [3.8, 4) is 0 Å². The molecule has 0 aliphatic carbocycles. The third-order valence-corrected chi connectivity index (χ3v) is 5.79. The predicted molar refractivity (Wildman–Crippen MR) is 107 cm³/mol. The van der Waals surface area contributed by atoms with Crippen molar-refractivity contribution in [1.29, 1.82) is 0 Å². The Bertz CT molecular complexity index is 915. The van der Waals surface area contributed by atoms with Crippen molar-refractivity contribution in [1.82, 2.24) is 19.4 Å². The number of anilines is 1. The summed E-state index contributed by atoms with van der Waals surface area (Å²) in [5, 5.41) is 2.94. The number of amides is 2. The van der Waals surface area contributed by atoms with Gasteiger partial charge < -0.3 is 19.5 Å². The van der Waals surface area contributed by atoms with E-state index in [4.69, 9.17) is 4.74 Å². The molecule has 2 aliphatic heterocycles. The first-order valence-electron chi connectivity index (χ1n) is 10.1. The largest absolute Gasteiger partial charge is 0.352 e. The molecule has 2 aromatic rings. The van der Waals surface area contributed by atoms with Gasteiger partial charge in [-0.1, -0.05) is 13.8 Å². The SMILES string of the molecule is Cc1ncccc1NC(=O)[C@@H]1Cn2ccnc2C2(CCN(C(=O)C(C)C)CC2)O1. The fraction of sp³-hybridized carbons (Fsp3) is 0.524. The van der Waals surface area contributed by atoms with Crippen molar-refractivity contribution in [2.75, 3.05) is 18.4 Å². The molecule has 1 spiro atoms. The van der Waals surface area contributed by atoms with Gasteiger partial charge in [-0.25, -0.2) is 4.98 Å². The molecular formula is C21H27N5O3. The number of nitrogens with zero attached hydrogens (tertiary/aromatic N) is 4. The molecule has 2 amide bonds. The fourth-order valence-corrected chi connectivity index (χ4v) is 4.16. The van der Waals surface area contributed by atoms with E-state index in [2.05, 4.69) is 15.3 Å². The van der Waals surface area contributed by atoms with Crippen LogP contribution in [-0.4, -0.2) is 50.4 Å². The number of aromatic nitrogens is 3. The maximum atomic E-state index is 13.0. The number of carbonyl (C=O) groups is 2. The van der Waals surface area contributed by atoms with Crippen LogP contribution in [0.3, 0.4) is 0 Å². The highest BCUT2D eigenvalue weighted by atomic mass is 16.5. The Morgan fingerprint density at radius 3 is 2.69 bits per heavy atom. The van der Waals surface area contributed by atoms with Crippen LogP contribution in [0.1, 0.15) is 38.2 Å². The predicted octanol–water partition coefficient (Wildman–Crippen LogP) is 2.10. The van der Waals surface area contributed by atoms with Crippen LogP contribution in [0.2, 0.25) is 0 Å². The van der Waals surface area contributed by atoms with Crippen LogP contribution in [0.25, 0.3) is 0 Å². The van der Waals surface area contributed by atoms with Gasteiger partial charge in [-0.2, -0.15) is 0 Å². The quantitative estimate of drug-likeness (QED) is 0.857. The number of aryl methyl sites for hydroxylation is 1. The molecule has 29 heavy (non-hydrogen) atoms. The first kappa shape index (κ1) is 19.6.